The van der Waals surface area contributed by atoms with Gasteiger partial charge in [-0.1, -0.05) is 11.6 Å². The minimum Gasteiger partial charge on any atom is -0.376 e. The van der Waals surface area contributed by atoms with Crippen LogP contribution < -0.4 is 5.32 Å². The first-order chi connectivity index (χ1) is 9.63. The zero-order valence-electron chi connectivity index (χ0n) is 11.4. The normalized spacial score (nSPS) is 15.8. The molecule has 1 atom stereocenters. The van der Waals surface area contributed by atoms with E-state index in [9.17, 15) is 4.39 Å². The number of hydrogen-bond donors (Lipinski definition) is 1. The van der Waals surface area contributed by atoms with Gasteiger partial charge in [-0.3, -0.25) is 0 Å². The van der Waals surface area contributed by atoms with Crippen LogP contribution in [0.1, 0.15) is 41.1 Å². The summed E-state index contributed by atoms with van der Waals surface area (Å²) in [6, 6.07) is 6.86. The Balaban J connectivity index is 1.80. The smallest absolute Gasteiger partial charge is 0.125 e. The van der Waals surface area contributed by atoms with Crippen LogP contribution >= 0.6 is 22.9 Å². The lowest BCUT2D eigenvalue weighted by molar-refractivity contribution is 0.628. The Morgan fingerprint density at radius 3 is 2.85 bits per heavy atom. The van der Waals surface area contributed by atoms with Crippen LogP contribution in [-0.4, -0.2) is 0 Å². The molecule has 0 spiro atoms. The van der Waals surface area contributed by atoms with Gasteiger partial charge in [-0.15, -0.1) is 11.3 Å². The fraction of sp³-hybridized carbons (Fsp3) is 0.375. The fourth-order valence-corrected chi connectivity index (χ4v) is 4.07. The highest BCUT2D eigenvalue weighted by Crippen LogP contribution is 2.35. The van der Waals surface area contributed by atoms with Gasteiger partial charge in [0.2, 0.25) is 0 Å². The van der Waals surface area contributed by atoms with E-state index in [2.05, 4.69) is 18.3 Å². The molecule has 3 rings (SSSR count). The van der Waals surface area contributed by atoms with E-state index >= 15 is 0 Å². The molecule has 4 heteroatoms. The Hall–Kier alpha value is -1.06. The highest BCUT2D eigenvalue weighted by molar-refractivity contribution is 7.12. The predicted molar refractivity (Wildman–Crippen MR) is 84.4 cm³/mol. The van der Waals surface area contributed by atoms with Crippen molar-refractivity contribution in [2.75, 3.05) is 5.32 Å². The molecule has 1 unspecified atom stereocenters. The third-order valence-electron chi connectivity index (χ3n) is 3.74. The van der Waals surface area contributed by atoms with Crippen molar-refractivity contribution in [1.29, 1.82) is 0 Å². The Labute approximate surface area is 127 Å². The van der Waals surface area contributed by atoms with Gasteiger partial charge >= 0.3 is 0 Å². The molecular weight excluding hydrogens is 293 g/mol. The molecule has 0 saturated heterocycles. The van der Waals surface area contributed by atoms with Crippen LogP contribution in [0.3, 0.4) is 0 Å². The summed E-state index contributed by atoms with van der Waals surface area (Å²) in [6.07, 6.45) is 4.98. The van der Waals surface area contributed by atoms with Crippen molar-refractivity contribution >= 4 is 28.6 Å². The monoisotopic (exact) mass is 309 g/mol. The summed E-state index contributed by atoms with van der Waals surface area (Å²) in [5, 5.41) is 3.87. The molecule has 0 fully saturated rings. The number of fused-ring (bicyclic) bond motifs is 1. The molecule has 0 radical (unpaired) electrons. The molecule has 20 heavy (non-hydrogen) atoms. The number of halogens is 2. The first kappa shape index (κ1) is 13.9. The second-order valence-corrected chi connectivity index (χ2v) is 6.87. The molecule has 1 aliphatic carbocycles. The van der Waals surface area contributed by atoms with Crippen molar-refractivity contribution in [1.82, 2.24) is 0 Å². The maximum Gasteiger partial charge on any atom is 0.125 e. The molecule has 0 bridgehead atoms. The van der Waals surface area contributed by atoms with Crippen molar-refractivity contribution < 1.29 is 4.39 Å². The van der Waals surface area contributed by atoms with E-state index in [-0.39, 0.29) is 11.9 Å². The molecule has 106 valence electrons. The highest BCUT2D eigenvalue weighted by Gasteiger charge is 2.17. The molecule has 1 N–H and O–H groups in total. The van der Waals surface area contributed by atoms with Gasteiger partial charge in [-0.2, -0.15) is 0 Å². The topological polar surface area (TPSA) is 12.0 Å². The van der Waals surface area contributed by atoms with E-state index in [0.29, 0.717) is 10.7 Å². The lowest BCUT2D eigenvalue weighted by Gasteiger charge is -2.15. The van der Waals surface area contributed by atoms with Gasteiger partial charge in [0.1, 0.15) is 5.82 Å². The second-order valence-electron chi connectivity index (χ2n) is 5.29. The number of benzene rings is 1. The Morgan fingerprint density at radius 2 is 2.05 bits per heavy atom. The van der Waals surface area contributed by atoms with Gasteiger partial charge in [0.15, 0.2) is 0 Å². The third-order valence-corrected chi connectivity index (χ3v) is 5.49. The second kappa shape index (κ2) is 5.74. The maximum atomic E-state index is 13.3. The standard InChI is InChI=1S/C16H17ClFNS/c1-10(19-14-9-12(18)6-7-13(14)17)16-8-11-4-2-3-5-15(11)20-16/h6-10,19H,2-5H2,1H3. The first-order valence-electron chi connectivity index (χ1n) is 6.96. The van der Waals surface area contributed by atoms with Crippen LogP contribution in [0.2, 0.25) is 5.02 Å². The summed E-state index contributed by atoms with van der Waals surface area (Å²) in [6.45, 7) is 2.10. The first-order valence-corrected chi connectivity index (χ1v) is 8.16. The lowest BCUT2D eigenvalue weighted by Crippen LogP contribution is -2.05. The van der Waals surface area contributed by atoms with Gasteiger partial charge in [-0.05, 0) is 62.4 Å². The van der Waals surface area contributed by atoms with Crippen LogP contribution in [0, 0.1) is 5.82 Å². The molecular formula is C16H17ClFNS. The number of anilines is 1. The van der Waals surface area contributed by atoms with E-state index in [1.807, 2.05) is 11.3 Å². The van der Waals surface area contributed by atoms with E-state index in [4.69, 9.17) is 11.6 Å². The van der Waals surface area contributed by atoms with Gasteiger partial charge in [-0.25, -0.2) is 4.39 Å². The van der Waals surface area contributed by atoms with Crippen molar-refractivity contribution in [3.63, 3.8) is 0 Å². The minimum absolute atomic E-state index is 0.143. The summed E-state index contributed by atoms with van der Waals surface area (Å²) in [5.74, 6) is -0.269. The van der Waals surface area contributed by atoms with Crippen molar-refractivity contribution in [3.05, 3.63) is 50.4 Å². The average molecular weight is 310 g/mol. The zero-order valence-corrected chi connectivity index (χ0v) is 13.0. The Kier molecular flexibility index (Phi) is 3.99. The molecule has 0 amide bonds. The molecule has 0 saturated carbocycles. The fourth-order valence-electron chi connectivity index (χ4n) is 2.64. The molecule has 2 aromatic rings. The van der Waals surface area contributed by atoms with Crippen LogP contribution in [0.15, 0.2) is 24.3 Å². The molecule has 1 aromatic heterocycles. The van der Waals surface area contributed by atoms with E-state index in [0.717, 1.165) is 0 Å². The van der Waals surface area contributed by atoms with E-state index in [1.54, 1.807) is 6.07 Å². The molecule has 1 heterocycles. The molecule has 0 aliphatic heterocycles. The number of rotatable bonds is 3. The minimum atomic E-state index is -0.269. The van der Waals surface area contributed by atoms with Gasteiger partial charge in [0.25, 0.3) is 0 Å². The largest absolute Gasteiger partial charge is 0.376 e. The number of hydrogen-bond acceptors (Lipinski definition) is 2. The summed E-state index contributed by atoms with van der Waals surface area (Å²) < 4.78 is 13.3. The van der Waals surface area contributed by atoms with Crippen LogP contribution in [0.4, 0.5) is 10.1 Å². The van der Waals surface area contributed by atoms with Crippen LogP contribution in [-0.2, 0) is 12.8 Å². The summed E-state index contributed by atoms with van der Waals surface area (Å²) in [7, 11) is 0. The summed E-state index contributed by atoms with van der Waals surface area (Å²) >= 11 is 7.98. The number of thiophene rings is 1. The molecule has 1 aliphatic rings. The summed E-state index contributed by atoms with van der Waals surface area (Å²) in [4.78, 5) is 2.82. The Morgan fingerprint density at radius 1 is 1.25 bits per heavy atom. The van der Waals surface area contributed by atoms with E-state index < -0.39 is 0 Å². The van der Waals surface area contributed by atoms with Gasteiger partial charge in [0, 0.05) is 9.75 Å². The van der Waals surface area contributed by atoms with Crippen LogP contribution in [0.5, 0.6) is 0 Å². The zero-order chi connectivity index (χ0) is 14.1. The van der Waals surface area contributed by atoms with Crippen LogP contribution in [0.25, 0.3) is 0 Å². The van der Waals surface area contributed by atoms with Crippen molar-refractivity contribution in [2.24, 2.45) is 0 Å². The predicted octanol–water partition coefficient (Wildman–Crippen LogP) is 5.59. The number of aryl methyl sites for hydroxylation is 2. The highest BCUT2D eigenvalue weighted by atomic mass is 35.5. The Bertz CT molecular complexity index is 599. The SMILES string of the molecule is CC(Nc1cc(F)ccc1Cl)c1cc2c(s1)CCCC2. The molecule has 1 aromatic carbocycles. The maximum absolute atomic E-state index is 13.3. The average Bonchev–Trinajstić information content (AvgIpc) is 2.87. The quantitative estimate of drug-likeness (QED) is 0.779. The summed E-state index contributed by atoms with van der Waals surface area (Å²) in [5.41, 5.74) is 2.15. The van der Waals surface area contributed by atoms with Crippen molar-refractivity contribution in [2.45, 2.75) is 38.6 Å². The number of nitrogens with one attached hydrogen (secondary N) is 1. The molecule has 1 nitrogen and oxygen atoms in total. The van der Waals surface area contributed by atoms with Gasteiger partial charge < -0.3 is 5.32 Å². The van der Waals surface area contributed by atoms with Crippen molar-refractivity contribution in [3.8, 4) is 0 Å². The lowest BCUT2D eigenvalue weighted by atomic mass is 9.99. The third kappa shape index (κ3) is 2.84. The van der Waals surface area contributed by atoms with E-state index in [1.165, 1.54) is 53.1 Å². The van der Waals surface area contributed by atoms with Gasteiger partial charge in [0.05, 0.1) is 16.8 Å².